The summed E-state index contributed by atoms with van der Waals surface area (Å²) in [6, 6.07) is 16.3. The molecule has 0 unspecified atom stereocenters. The van der Waals surface area contributed by atoms with Crippen LogP contribution in [-0.2, 0) is 11.2 Å². The minimum absolute atomic E-state index is 0.330. The molecule has 1 heterocycles. The number of aryl methyl sites for hydroxylation is 1. The summed E-state index contributed by atoms with van der Waals surface area (Å²) in [4.78, 5) is 4.66. The largest absolute Gasteiger partial charge is 0.497 e. The first-order valence-electron chi connectivity index (χ1n) is 10.8. The molecule has 0 aromatic heterocycles. The molecule has 0 spiro atoms. The van der Waals surface area contributed by atoms with Crippen LogP contribution in [0, 0.1) is 0 Å². The van der Waals surface area contributed by atoms with E-state index in [9.17, 15) is 5.11 Å². The van der Waals surface area contributed by atoms with Gasteiger partial charge in [-0.05, 0) is 48.4 Å². The lowest BCUT2D eigenvalue weighted by atomic mass is 10.2. The van der Waals surface area contributed by atoms with E-state index < -0.39 is 6.10 Å². The highest BCUT2D eigenvalue weighted by atomic mass is 16.5. The number of hydrogen-bond acceptors (Lipinski definition) is 6. The molecule has 30 heavy (non-hydrogen) atoms. The Morgan fingerprint density at radius 2 is 1.57 bits per heavy atom. The number of anilines is 1. The summed E-state index contributed by atoms with van der Waals surface area (Å²) in [5.41, 5.74) is 2.51. The van der Waals surface area contributed by atoms with Crippen LogP contribution in [-0.4, -0.2) is 75.8 Å². The molecular weight excluding hydrogens is 380 g/mol. The topological polar surface area (TPSA) is 54.4 Å². The predicted molar refractivity (Wildman–Crippen MR) is 120 cm³/mol. The highest BCUT2D eigenvalue weighted by Gasteiger charge is 2.19. The molecule has 0 aliphatic carbocycles. The molecule has 0 amide bonds. The SMILES string of the molecule is CCc1ccc(OCCOC[C@H](O)CN2CCN(c3ccc(OC)cc3)CC2)cc1. The van der Waals surface area contributed by atoms with E-state index in [0.29, 0.717) is 26.4 Å². The Hall–Kier alpha value is -2.28. The van der Waals surface area contributed by atoms with Crippen LogP contribution in [0.1, 0.15) is 12.5 Å². The van der Waals surface area contributed by atoms with Crippen molar-refractivity contribution in [1.29, 1.82) is 0 Å². The maximum atomic E-state index is 10.3. The Morgan fingerprint density at radius 1 is 0.900 bits per heavy atom. The van der Waals surface area contributed by atoms with Gasteiger partial charge in [-0.1, -0.05) is 19.1 Å². The van der Waals surface area contributed by atoms with Crippen molar-refractivity contribution in [2.75, 3.05) is 64.6 Å². The number of hydrogen-bond donors (Lipinski definition) is 1. The van der Waals surface area contributed by atoms with Gasteiger partial charge in [0.05, 0.1) is 26.4 Å². The van der Waals surface area contributed by atoms with E-state index in [0.717, 1.165) is 44.1 Å². The van der Waals surface area contributed by atoms with Gasteiger partial charge >= 0.3 is 0 Å². The normalized spacial score (nSPS) is 15.8. The van der Waals surface area contributed by atoms with Crippen molar-refractivity contribution in [1.82, 2.24) is 4.90 Å². The van der Waals surface area contributed by atoms with Crippen LogP contribution in [0.3, 0.4) is 0 Å². The average molecular weight is 415 g/mol. The van der Waals surface area contributed by atoms with E-state index in [4.69, 9.17) is 14.2 Å². The number of nitrogens with zero attached hydrogens (tertiary/aromatic N) is 2. The van der Waals surface area contributed by atoms with E-state index in [1.165, 1.54) is 11.3 Å². The third kappa shape index (κ3) is 6.90. The summed E-state index contributed by atoms with van der Waals surface area (Å²) in [6.45, 7) is 7.81. The number of β-amino-alcohol motifs (C(OH)–C–C–N with tert-alkyl or cyclic N) is 1. The second-order valence-electron chi connectivity index (χ2n) is 7.56. The fourth-order valence-electron chi connectivity index (χ4n) is 3.59. The first-order chi connectivity index (χ1) is 14.7. The third-order valence-electron chi connectivity index (χ3n) is 5.42. The summed E-state index contributed by atoms with van der Waals surface area (Å²) in [5, 5.41) is 10.3. The highest BCUT2D eigenvalue weighted by molar-refractivity contribution is 5.49. The maximum Gasteiger partial charge on any atom is 0.119 e. The molecule has 0 saturated carbocycles. The molecule has 1 N–H and O–H groups in total. The minimum atomic E-state index is -0.485. The van der Waals surface area contributed by atoms with Gasteiger partial charge in [0.25, 0.3) is 0 Å². The van der Waals surface area contributed by atoms with E-state index in [-0.39, 0.29) is 0 Å². The van der Waals surface area contributed by atoms with Crippen LogP contribution in [0.4, 0.5) is 5.69 Å². The van der Waals surface area contributed by atoms with E-state index in [1.54, 1.807) is 7.11 Å². The van der Waals surface area contributed by atoms with Crippen LogP contribution >= 0.6 is 0 Å². The standard InChI is InChI=1S/C24H34N2O4/c1-3-20-4-8-24(9-5-20)30-17-16-29-19-22(27)18-25-12-14-26(15-13-25)21-6-10-23(28-2)11-7-21/h4-11,22,27H,3,12-19H2,1-2H3/t22-/m1/s1. The van der Waals surface area contributed by atoms with Gasteiger partial charge in [0.1, 0.15) is 18.1 Å². The highest BCUT2D eigenvalue weighted by Crippen LogP contribution is 2.20. The van der Waals surface area contributed by atoms with Gasteiger partial charge in [-0.3, -0.25) is 4.90 Å². The number of piperazine rings is 1. The zero-order valence-corrected chi connectivity index (χ0v) is 18.1. The Balaban J connectivity index is 1.27. The Labute approximate surface area is 180 Å². The number of aliphatic hydroxyl groups is 1. The van der Waals surface area contributed by atoms with Gasteiger partial charge < -0.3 is 24.2 Å². The van der Waals surface area contributed by atoms with Crippen LogP contribution < -0.4 is 14.4 Å². The molecule has 1 aliphatic heterocycles. The average Bonchev–Trinajstić information content (AvgIpc) is 2.80. The van der Waals surface area contributed by atoms with E-state index >= 15 is 0 Å². The minimum Gasteiger partial charge on any atom is -0.497 e. The summed E-state index contributed by atoms with van der Waals surface area (Å²) >= 11 is 0. The molecule has 0 bridgehead atoms. The van der Waals surface area contributed by atoms with E-state index in [1.807, 2.05) is 24.3 Å². The van der Waals surface area contributed by atoms with Crippen LogP contribution in [0.5, 0.6) is 11.5 Å². The van der Waals surface area contributed by atoms with Crippen molar-refractivity contribution >= 4 is 5.69 Å². The second kappa shape index (κ2) is 11.8. The fourth-order valence-corrected chi connectivity index (χ4v) is 3.59. The van der Waals surface area contributed by atoms with Crippen molar-refractivity contribution in [2.45, 2.75) is 19.4 Å². The number of aliphatic hydroxyl groups excluding tert-OH is 1. The maximum absolute atomic E-state index is 10.3. The van der Waals surface area contributed by atoms with Gasteiger partial charge in [-0.15, -0.1) is 0 Å². The molecule has 6 heteroatoms. The first kappa shape index (κ1) is 22.4. The lowest BCUT2D eigenvalue weighted by Gasteiger charge is -2.36. The molecule has 6 nitrogen and oxygen atoms in total. The van der Waals surface area contributed by atoms with Crippen LogP contribution in [0.2, 0.25) is 0 Å². The quantitative estimate of drug-likeness (QED) is 0.571. The Kier molecular flexibility index (Phi) is 8.81. The zero-order chi connectivity index (χ0) is 21.2. The summed E-state index contributed by atoms with van der Waals surface area (Å²) in [5.74, 6) is 1.73. The van der Waals surface area contributed by atoms with E-state index in [2.05, 4.69) is 41.0 Å². The van der Waals surface area contributed by atoms with Gasteiger partial charge in [0.2, 0.25) is 0 Å². The fraction of sp³-hybridized carbons (Fsp3) is 0.500. The summed E-state index contributed by atoms with van der Waals surface area (Å²) in [7, 11) is 1.68. The van der Waals surface area contributed by atoms with Crippen molar-refractivity contribution in [3.05, 3.63) is 54.1 Å². The van der Waals surface area contributed by atoms with Crippen LogP contribution in [0.25, 0.3) is 0 Å². The number of ether oxygens (including phenoxy) is 3. The Morgan fingerprint density at radius 3 is 2.20 bits per heavy atom. The molecule has 2 aromatic rings. The van der Waals surface area contributed by atoms with Crippen molar-refractivity contribution in [3.63, 3.8) is 0 Å². The van der Waals surface area contributed by atoms with Crippen molar-refractivity contribution in [3.8, 4) is 11.5 Å². The van der Waals surface area contributed by atoms with Crippen molar-refractivity contribution < 1.29 is 19.3 Å². The van der Waals surface area contributed by atoms with Gasteiger partial charge in [-0.25, -0.2) is 0 Å². The zero-order valence-electron chi connectivity index (χ0n) is 18.1. The number of rotatable bonds is 11. The number of methoxy groups -OCH3 is 1. The first-order valence-corrected chi connectivity index (χ1v) is 10.8. The monoisotopic (exact) mass is 414 g/mol. The molecule has 3 rings (SSSR count). The molecule has 0 radical (unpaired) electrons. The molecule has 1 fully saturated rings. The summed E-state index contributed by atoms with van der Waals surface area (Å²) < 4.78 is 16.5. The lowest BCUT2D eigenvalue weighted by Crippen LogP contribution is -2.49. The summed E-state index contributed by atoms with van der Waals surface area (Å²) in [6.07, 6.45) is 0.541. The lowest BCUT2D eigenvalue weighted by molar-refractivity contribution is 0.00718. The molecule has 1 atom stereocenters. The third-order valence-corrected chi connectivity index (χ3v) is 5.42. The van der Waals surface area contributed by atoms with Gasteiger partial charge in [0.15, 0.2) is 0 Å². The molecule has 1 aliphatic rings. The second-order valence-corrected chi connectivity index (χ2v) is 7.56. The molecule has 2 aromatic carbocycles. The van der Waals surface area contributed by atoms with Gasteiger partial charge in [0, 0.05) is 38.4 Å². The molecule has 164 valence electrons. The van der Waals surface area contributed by atoms with Gasteiger partial charge in [-0.2, -0.15) is 0 Å². The molecule has 1 saturated heterocycles. The number of benzene rings is 2. The Bertz CT molecular complexity index is 728. The predicted octanol–water partition coefficient (Wildman–Crippen LogP) is 2.84. The molecular formula is C24H34N2O4. The van der Waals surface area contributed by atoms with Crippen molar-refractivity contribution in [2.24, 2.45) is 0 Å². The smallest absolute Gasteiger partial charge is 0.119 e. The van der Waals surface area contributed by atoms with Crippen LogP contribution in [0.15, 0.2) is 48.5 Å².